The molecule has 5 nitrogen and oxygen atoms in total. The topological polar surface area (TPSA) is 60.7 Å². The van der Waals surface area contributed by atoms with Crippen LogP contribution in [0.2, 0.25) is 0 Å². The van der Waals surface area contributed by atoms with Crippen LogP contribution in [0.3, 0.4) is 0 Å². The number of hydrogen-bond acceptors (Lipinski definition) is 5. The highest BCUT2D eigenvalue weighted by molar-refractivity contribution is 5.90. The molecule has 1 atom stereocenters. The monoisotopic (exact) mass is 241 g/mol. The van der Waals surface area contributed by atoms with Crippen molar-refractivity contribution in [2.24, 2.45) is 0 Å². The van der Waals surface area contributed by atoms with Crippen molar-refractivity contribution in [3.63, 3.8) is 0 Å². The molecule has 0 spiro atoms. The van der Waals surface area contributed by atoms with E-state index < -0.39 is 0 Å². The number of nitrogens with one attached hydrogen (secondary N) is 1. The van der Waals surface area contributed by atoms with Gasteiger partial charge in [-0.1, -0.05) is 0 Å². The van der Waals surface area contributed by atoms with Gasteiger partial charge in [0.05, 0.1) is 19.8 Å². The van der Waals surface area contributed by atoms with Gasteiger partial charge in [0.2, 0.25) is 0 Å². The molecule has 1 N–H and O–H groups in total. The number of aryl methyl sites for hydroxylation is 1. The predicted molar refractivity (Wildman–Crippen MR) is 63.0 cm³/mol. The van der Waals surface area contributed by atoms with Gasteiger partial charge in [-0.2, -0.15) is 0 Å². The number of ether oxygens (including phenoxy) is 2. The fourth-order valence-electron chi connectivity index (χ4n) is 1.43. The van der Waals surface area contributed by atoms with Gasteiger partial charge in [-0.3, -0.25) is 0 Å². The zero-order valence-electron chi connectivity index (χ0n) is 10.7. The van der Waals surface area contributed by atoms with Crippen molar-refractivity contribution in [2.75, 3.05) is 20.8 Å². The maximum atomic E-state index is 11.4. The lowest BCUT2D eigenvalue weighted by Crippen LogP contribution is -2.25. The molecule has 0 bridgehead atoms. The Hall–Kier alpha value is -1.33. The van der Waals surface area contributed by atoms with Gasteiger partial charge in [0.1, 0.15) is 17.1 Å². The van der Waals surface area contributed by atoms with E-state index in [2.05, 4.69) is 10.1 Å². The highest BCUT2D eigenvalue weighted by atomic mass is 16.5. The molecule has 5 heteroatoms. The molecule has 0 aromatic carbocycles. The summed E-state index contributed by atoms with van der Waals surface area (Å²) in [7, 11) is 3.02. The number of methoxy groups -OCH3 is 2. The molecule has 96 valence electrons. The van der Waals surface area contributed by atoms with Crippen LogP contribution in [-0.2, 0) is 16.0 Å². The lowest BCUT2D eigenvalue weighted by Gasteiger charge is -2.09. The molecule has 0 aliphatic heterocycles. The Morgan fingerprint density at radius 1 is 1.53 bits per heavy atom. The summed E-state index contributed by atoms with van der Waals surface area (Å²) in [6.07, 6.45) is 0.145. The van der Waals surface area contributed by atoms with Gasteiger partial charge in [-0.15, -0.1) is 0 Å². The highest BCUT2D eigenvalue weighted by Crippen LogP contribution is 2.15. The van der Waals surface area contributed by atoms with Crippen LogP contribution in [0, 0.1) is 6.92 Å². The maximum Gasteiger partial charge on any atom is 0.341 e. The van der Waals surface area contributed by atoms with Crippen LogP contribution in [0.5, 0.6) is 0 Å². The molecule has 1 heterocycles. The van der Waals surface area contributed by atoms with E-state index in [0.29, 0.717) is 23.6 Å². The van der Waals surface area contributed by atoms with Gasteiger partial charge in [0.15, 0.2) is 0 Å². The van der Waals surface area contributed by atoms with E-state index in [0.717, 1.165) is 6.54 Å². The number of carbonyl (C=O) groups excluding carboxylic acids is 1. The average molecular weight is 241 g/mol. The van der Waals surface area contributed by atoms with Crippen LogP contribution < -0.4 is 5.32 Å². The number of furan rings is 1. The molecular formula is C12H19NO4. The van der Waals surface area contributed by atoms with Gasteiger partial charge in [0, 0.05) is 13.7 Å². The van der Waals surface area contributed by atoms with Crippen LogP contribution in [0.1, 0.15) is 28.8 Å². The number of carbonyl (C=O) groups is 1. The predicted octanol–water partition coefficient (Wildman–Crippen LogP) is 1.50. The van der Waals surface area contributed by atoms with Gasteiger partial charge in [-0.25, -0.2) is 4.79 Å². The normalized spacial score (nSPS) is 12.5. The van der Waals surface area contributed by atoms with Crippen LogP contribution in [-0.4, -0.2) is 32.8 Å². The van der Waals surface area contributed by atoms with Crippen molar-refractivity contribution < 1.29 is 18.7 Å². The minimum atomic E-state index is -0.372. The smallest absolute Gasteiger partial charge is 0.341 e. The second kappa shape index (κ2) is 6.42. The lowest BCUT2D eigenvalue weighted by atomic mass is 10.2. The summed E-state index contributed by atoms with van der Waals surface area (Å²) in [6, 6.07) is 1.70. The van der Waals surface area contributed by atoms with Crippen molar-refractivity contribution in [3.05, 3.63) is 23.2 Å². The molecule has 0 fully saturated rings. The Labute approximate surface area is 101 Å². The Morgan fingerprint density at radius 2 is 2.24 bits per heavy atom. The summed E-state index contributed by atoms with van der Waals surface area (Å²) in [4.78, 5) is 11.4. The third-order valence-corrected chi connectivity index (χ3v) is 2.51. The van der Waals surface area contributed by atoms with Crippen molar-refractivity contribution in [1.29, 1.82) is 0 Å². The van der Waals surface area contributed by atoms with Crippen molar-refractivity contribution in [3.8, 4) is 0 Å². The Morgan fingerprint density at radius 3 is 2.82 bits per heavy atom. The lowest BCUT2D eigenvalue weighted by molar-refractivity contribution is 0.0599. The molecule has 0 amide bonds. The molecule has 17 heavy (non-hydrogen) atoms. The van der Waals surface area contributed by atoms with Crippen molar-refractivity contribution in [2.45, 2.75) is 26.5 Å². The fourth-order valence-corrected chi connectivity index (χ4v) is 1.43. The summed E-state index contributed by atoms with van der Waals surface area (Å²) in [5.41, 5.74) is 0.476. The molecule has 1 rings (SSSR count). The molecule has 0 saturated heterocycles. The van der Waals surface area contributed by atoms with Crippen molar-refractivity contribution >= 4 is 5.97 Å². The van der Waals surface area contributed by atoms with Crippen LogP contribution in [0.15, 0.2) is 10.5 Å². The first-order chi connectivity index (χ1) is 8.08. The van der Waals surface area contributed by atoms with E-state index >= 15 is 0 Å². The molecular weight excluding hydrogens is 222 g/mol. The summed E-state index contributed by atoms with van der Waals surface area (Å²) in [5, 5.41) is 3.18. The van der Waals surface area contributed by atoms with Gasteiger partial charge >= 0.3 is 5.97 Å². The molecule has 1 unspecified atom stereocenters. The first kappa shape index (κ1) is 13.7. The molecule has 0 saturated carbocycles. The number of hydrogen-bond donors (Lipinski definition) is 1. The molecule has 0 radical (unpaired) electrons. The standard InChI is InChI=1S/C12H19NO4/c1-8(15-3)6-13-7-10-5-11(9(2)17-10)12(14)16-4/h5,8,13H,6-7H2,1-4H3. The van der Waals surface area contributed by atoms with Crippen LogP contribution in [0.25, 0.3) is 0 Å². The second-order valence-corrected chi connectivity index (χ2v) is 3.85. The van der Waals surface area contributed by atoms with E-state index in [-0.39, 0.29) is 12.1 Å². The second-order valence-electron chi connectivity index (χ2n) is 3.85. The highest BCUT2D eigenvalue weighted by Gasteiger charge is 2.14. The average Bonchev–Trinajstić information content (AvgIpc) is 2.69. The van der Waals surface area contributed by atoms with Crippen LogP contribution >= 0.6 is 0 Å². The van der Waals surface area contributed by atoms with E-state index in [1.54, 1.807) is 20.1 Å². The Balaban J connectivity index is 2.53. The van der Waals surface area contributed by atoms with Crippen LogP contribution in [0.4, 0.5) is 0 Å². The van der Waals surface area contributed by atoms with Gasteiger partial charge in [-0.05, 0) is 19.9 Å². The first-order valence-corrected chi connectivity index (χ1v) is 5.49. The van der Waals surface area contributed by atoms with E-state index in [1.165, 1.54) is 7.11 Å². The molecule has 1 aromatic rings. The van der Waals surface area contributed by atoms with Crippen molar-refractivity contribution in [1.82, 2.24) is 5.32 Å². The van der Waals surface area contributed by atoms with Gasteiger partial charge < -0.3 is 19.2 Å². The van der Waals surface area contributed by atoms with E-state index in [1.807, 2.05) is 6.92 Å². The summed E-state index contributed by atoms with van der Waals surface area (Å²) >= 11 is 0. The number of esters is 1. The summed E-state index contributed by atoms with van der Waals surface area (Å²) in [6.45, 7) is 5.00. The molecule has 0 aliphatic rings. The Bertz CT molecular complexity index is 373. The summed E-state index contributed by atoms with van der Waals surface area (Å²) < 4.78 is 15.2. The largest absolute Gasteiger partial charge is 0.465 e. The van der Waals surface area contributed by atoms with Gasteiger partial charge in [0.25, 0.3) is 0 Å². The molecule has 1 aromatic heterocycles. The third kappa shape index (κ3) is 3.87. The zero-order valence-corrected chi connectivity index (χ0v) is 10.7. The minimum Gasteiger partial charge on any atom is -0.465 e. The quantitative estimate of drug-likeness (QED) is 0.765. The third-order valence-electron chi connectivity index (χ3n) is 2.51. The summed E-state index contributed by atoms with van der Waals surface area (Å²) in [5.74, 6) is 0.919. The zero-order chi connectivity index (χ0) is 12.8. The number of rotatable bonds is 6. The molecule has 0 aliphatic carbocycles. The Kier molecular flexibility index (Phi) is 5.18. The fraction of sp³-hybridized carbons (Fsp3) is 0.583. The van der Waals surface area contributed by atoms with E-state index in [9.17, 15) is 4.79 Å². The van der Waals surface area contributed by atoms with E-state index in [4.69, 9.17) is 9.15 Å². The first-order valence-electron chi connectivity index (χ1n) is 5.49. The SMILES string of the molecule is COC(=O)c1cc(CNCC(C)OC)oc1C. The minimum absolute atomic E-state index is 0.145. The maximum absolute atomic E-state index is 11.4.